The number of hydrogen-bond acceptors (Lipinski definition) is 5. The van der Waals surface area contributed by atoms with Crippen LogP contribution in [0.4, 0.5) is 11.5 Å². The van der Waals surface area contributed by atoms with E-state index in [1.165, 1.54) is 18.4 Å². The van der Waals surface area contributed by atoms with Gasteiger partial charge in [0.1, 0.15) is 6.10 Å². The predicted octanol–water partition coefficient (Wildman–Crippen LogP) is 2.92. The van der Waals surface area contributed by atoms with Gasteiger partial charge in [0.15, 0.2) is 11.6 Å². The molecule has 2 aliphatic heterocycles. The molecule has 132 valence electrons. The minimum atomic E-state index is 0.228. The van der Waals surface area contributed by atoms with E-state index in [1.807, 2.05) is 24.4 Å². The highest BCUT2D eigenvalue weighted by molar-refractivity contribution is 5.52. The van der Waals surface area contributed by atoms with Crippen molar-refractivity contribution in [3.05, 3.63) is 48.2 Å². The quantitative estimate of drug-likeness (QED) is 0.850. The molecular formula is C20H26N4O. The van der Waals surface area contributed by atoms with Gasteiger partial charge >= 0.3 is 0 Å². The molecule has 0 aliphatic carbocycles. The molecule has 0 saturated carbocycles. The number of rotatable bonds is 5. The van der Waals surface area contributed by atoms with Crippen LogP contribution in [0.1, 0.15) is 24.8 Å². The van der Waals surface area contributed by atoms with Gasteiger partial charge in [-0.05, 0) is 49.1 Å². The lowest BCUT2D eigenvalue weighted by atomic mass is 10.2. The first-order valence-electron chi connectivity index (χ1n) is 9.21. The number of ether oxygens (including phenoxy) is 1. The number of nitrogen functional groups attached to an aromatic ring is 1. The van der Waals surface area contributed by atoms with E-state index in [4.69, 9.17) is 10.5 Å². The van der Waals surface area contributed by atoms with Crippen LogP contribution in [-0.2, 0) is 6.54 Å². The van der Waals surface area contributed by atoms with Crippen LogP contribution in [-0.4, -0.2) is 42.2 Å². The van der Waals surface area contributed by atoms with E-state index in [1.54, 1.807) is 0 Å². The minimum Gasteiger partial charge on any atom is -0.485 e. The van der Waals surface area contributed by atoms with Gasteiger partial charge in [-0.2, -0.15) is 0 Å². The first kappa shape index (κ1) is 16.2. The molecule has 0 radical (unpaired) electrons. The lowest BCUT2D eigenvalue weighted by Gasteiger charge is -2.22. The Balaban J connectivity index is 1.38. The number of nitrogens with two attached hydrogens (primary N) is 1. The second-order valence-electron chi connectivity index (χ2n) is 7.03. The second-order valence-corrected chi connectivity index (χ2v) is 7.03. The van der Waals surface area contributed by atoms with Gasteiger partial charge in [0.2, 0.25) is 0 Å². The van der Waals surface area contributed by atoms with Crippen molar-refractivity contribution in [2.45, 2.75) is 31.9 Å². The Morgan fingerprint density at radius 3 is 2.84 bits per heavy atom. The molecule has 0 spiro atoms. The van der Waals surface area contributed by atoms with Crippen LogP contribution < -0.4 is 15.4 Å². The van der Waals surface area contributed by atoms with Gasteiger partial charge in [0.05, 0.1) is 0 Å². The number of anilines is 2. The molecule has 0 unspecified atom stereocenters. The van der Waals surface area contributed by atoms with Crippen LogP contribution in [0.15, 0.2) is 42.6 Å². The monoisotopic (exact) mass is 338 g/mol. The highest BCUT2D eigenvalue weighted by Crippen LogP contribution is 2.30. The summed E-state index contributed by atoms with van der Waals surface area (Å²) in [4.78, 5) is 9.35. The number of pyridine rings is 1. The minimum absolute atomic E-state index is 0.228. The molecule has 3 heterocycles. The average molecular weight is 338 g/mol. The summed E-state index contributed by atoms with van der Waals surface area (Å²) in [5.41, 5.74) is 7.98. The fourth-order valence-electron chi connectivity index (χ4n) is 3.81. The van der Waals surface area contributed by atoms with Crippen molar-refractivity contribution in [2.24, 2.45) is 0 Å². The third-order valence-electron chi connectivity index (χ3n) is 5.04. The normalized spacial score (nSPS) is 21.0. The Bertz CT molecular complexity index is 714. The van der Waals surface area contributed by atoms with Gasteiger partial charge in [-0.25, -0.2) is 4.98 Å². The summed E-state index contributed by atoms with van der Waals surface area (Å²) in [5, 5.41) is 0. The molecule has 25 heavy (non-hydrogen) atoms. The van der Waals surface area contributed by atoms with E-state index in [0.29, 0.717) is 0 Å². The third-order valence-corrected chi connectivity index (χ3v) is 5.04. The lowest BCUT2D eigenvalue weighted by molar-refractivity contribution is 0.198. The van der Waals surface area contributed by atoms with Crippen LogP contribution in [0, 0.1) is 0 Å². The SMILES string of the molecule is Nc1cccc(CN2CC[C@@H](Oc3cccnc3N3CCCC3)C2)c1. The number of nitrogens with zero attached hydrogens (tertiary/aromatic N) is 3. The van der Waals surface area contributed by atoms with E-state index in [0.717, 1.165) is 56.4 Å². The van der Waals surface area contributed by atoms with E-state index in [-0.39, 0.29) is 6.10 Å². The first-order chi connectivity index (χ1) is 12.3. The summed E-state index contributed by atoms with van der Waals surface area (Å²) in [6.45, 7) is 5.10. The molecule has 1 aromatic heterocycles. The Morgan fingerprint density at radius 1 is 1.12 bits per heavy atom. The molecular weight excluding hydrogens is 312 g/mol. The van der Waals surface area contributed by atoms with Crippen molar-refractivity contribution < 1.29 is 4.74 Å². The van der Waals surface area contributed by atoms with Gasteiger partial charge in [-0.15, -0.1) is 0 Å². The van der Waals surface area contributed by atoms with Crippen LogP contribution in [0.2, 0.25) is 0 Å². The van der Waals surface area contributed by atoms with Crippen molar-refractivity contribution in [3.8, 4) is 5.75 Å². The van der Waals surface area contributed by atoms with E-state index in [2.05, 4.69) is 33.0 Å². The lowest BCUT2D eigenvalue weighted by Crippen LogP contribution is -2.26. The number of likely N-dealkylation sites (tertiary alicyclic amines) is 1. The Morgan fingerprint density at radius 2 is 2.00 bits per heavy atom. The van der Waals surface area contributed by atoms with Crippen molar-refractivity contribution in [1.82, 2.24) is 9.88 Å². The molecule has 1 aromatic carbocycles. The van der Waals surface area contributed by atoms with Gasteiger partial charge < -0.3 is 15.4 Å². The number of benzene rings is 1. The molecule has 1 atom stereocenters. The van der Waals surface area contributed by atoms with Crippen molar-refractivity contribution >= 4 is 11.5 Å². The highest BCUT2D eigenvalue weighted by atomic mass is 16.5. The zero-order valence-corrected chi connectivity index (χ0v) is 14.6. The van der Waals surface area contributed by atoms with Crippen LogP contribution >= 0.6 is 0 Å². The molecule has 0 bridgehead atoms. The Labute approximate surface area is 149 Å². The van der Waals surface area contributed by atoms with Crippen LogP contribution in [0.3, 0.4) is 0 Å². The van der Waals surface area contributed by atoms with Gasteiger partial charge in [0.25, 0.3) is 0 Å². The number of hydrogen-bond donors (Lipinski definition) is 1. The van der Waals surface area contributed by atoms with Crippen molar-refractivity contribution in [3.63, 3.8) is 0 Å². The molecule has 2 aliphatic rings. The summed E-state index contributed by atoms with van der Waals surface area (Å²) >= 11 is 0. The standard InChI is InChI=1S/C20H26N4O/c21-17-6-3-5-16(13-17)14-23-12-8-18(15-23)25-19-7-4-9-22-20(19)24-10-1-2-11-24/h3-7,9,13,18H,1-2,8,10-12,14-15,21H2/t18-/m1/s1. The van der Waals surface area contributed by atoms with Gasteiger partial charge in [0, 0.05) is 44.6 Å². The molecule has 2 aromatic rings. The predicted molar refractivity (Wildman–Crippen MR) is 101 cm³/mol. The molecule has 4 rings (SSSR count). The second kappa shape index (κ2) is 7.31. The zero-order valence-electron chi connectivity index (χ0n) is 14.6. The fraction of sp³-hybridized carbons (Fsp3) is 0.450. The maximum atomic E-state index is 6.34. The Kier molecular flexibility index (Phi) is 4.74. The van der Waals surface area contributed by atoms with Crippen molar-refractivity contribution in [2.75, 3.05) is 36.8 Å². The average Bonchev–Trinajstić information content (AvgIpc) is 3.28. The topological polar surface area (TPSA) is 54.6 Å². The maximum Gasteiger partial charge on any atom is 0.171 e. The van der Waals surface area contributed by atoms with E-state index < -0.39 is 0 Å². The molecule has 2 saturated heterocycles. The fourth-order valence-corrected chi connectivity index (χ4v) is 3.81. The molecule has 2 N–H and O–H groups in total. The molecule has 5 nitrogen and oxygen atoms in total. The molecule has 2 fully saturated rings. The van der Waals surface area contributed by atoms with Gasteiger partial charge in [-0.3, -0.25) is 4.90 Å². The molecule has 5 heteroatoms. The summed E-state index contributed by atoms with van der Waals surface area (Å²) in [6, 6.07) is 12.2. The summed E-state index contributed by atoms with van der Waals surface area (Å²) in [5.74, 6) is 1.94. The summed E-state index contributed by atoms with van der Waals surface area (Å²) in [7, 11) is 0. The first-order valence-corrected chi connectivity index (χ1v) is 9.21. The maximum absolute atomic E-state index is 6.34. The zero-order chi connectivity index (χ0) is 17.1. The summed E-state index contributed by atoms with van der Waals surface area (Å²) < 4.78 is 6.34. The van der Waals surface area contributed by atoms with E-state index in [9.17, 15) is 0 Å². The highest BCUT2D eigenvalue weighted by Gasteiger charge is 2.26. The number of aromatic nitrogens is 1. The smallest absolute Gasteiger partial charge is 0.171 e. The molecule has 0 amide bonds. The van der Waals surface area contributed by atoms with E-state index >= 15 is 0 Å². The largest absolute Gasteiger partial charge is 0.485 e. The Hall–Kier alpha value is -2.27. The third kappa shape index (κ3) is 3.87. The van der Waals surface area contributed by atoms with Crippen molar-refractivity contribution in [1.29, 1.82) is 0 Å². The summed E-state index contributed by atoms with van der Waals surface area (Å²) in [6.07, 6.45) is 5.63. The van der Waals surface area contributed by atoms with Gasteiger partial charge in [-0.1, -0.05) is 12.1 Å². The van der Waals surface area contributed by atoms with Crippen LogP contribution in [0.25, 0.3) is 0 Å². The van der Waals surface area contributed by atoms with Crippen LogP contribution in [0.5, 0.6) is 5.75 Å².